The maximum absolute atomic E-state index is 10.3. The first-order valence-corrected chi connectivity index (χ1v) is 4.63. The Balaban J connectivity index is 3.15. The van der Waals surface area contributed by atoms with Crippen molar-refractivity contribution in [2.45, 2.75) is 38.7 Å². The second kappa shape index (κ2) is 7.80. The molecule has 0 bridgehead atoms. The van der Waals surface area contributed by atoms with Crippen LogP contribution >= 0.6 is 0 Å². The van der Waals surface area contributed by atoms with Gasteiger partial charge in [-0.1, -0.05) is 12.5 Å². The summed E-state index contributed by atoms with van der Waals surface area (Å²) < 4.78 is 5.06. The van der Waals surface area contributed by atoms with Crippen LogP contribution in [-0.2, 0) is 9.53 Å². The van der Waals surface area contributed by atoms with Crippen molar-refractivity contribution in [2.75, 3.05) is 6.61 Å². The van der Waals surface area contributed by atoms with Gasteiger partial charge in [0.25, 0.3) is 0 Å². The Bertz CT molecular complexity index is 154. The second-order valence-electron chi connectivity index (χ2n) is 2.99. The highest BCUT2D eigenvalue weighted by molar-refractivity contribution is 5.71. The number of rotatable bonds is 8. The van der Waals surface area contributed by atoms with Gasteiger partial charge in [0.15, 0.2) is 6.10 Å². The number of ether oxygens (including phenoxy) is 1. The molecule has 0 radical (unpaired) electrons. The number of hydrogen-bond donors (Lipinski definition) is 1. The molecule has 0 aliphatic rings. The molecular weight excluding hydrogens is 168 g/mol. The van der Waals surface area contributed by atoms with Crippen LogP contribution in [0.5, 0.6) is 0 Å². The van der Waals surface area contributed by atoms with Crippen LogP contribution in [0.15, 0.2) is 12.7 Å². The molecule has 0 aromatic carbocycles. The quantitative estimate of drug-likeness (QED) is 0.467. The van der Waals surface area contributed by atoms with Crippen molar-refractivity contribution >= 4 is 5.97 Å². The fourth-order valence-electron chi connectivity index (χ4n) is 0.899. The van der Waals surface area contributed by atoms with Gasteiger partial charge in [-0.05, 0) is 26.2 Å². The van der Waals surface area contributed by atoms with Crippen molar-refractivity contribution < 1.29 is 14.6 Å². The van der Waals surface area contributed by atoms with Crippen molar-refractivity contribution in [3.63, 3.8) is 0 Å². The first-order chi connectivity index (χ1) is 6.18. The number of aliphatic carboxylic acids is 1. The van der Waals surface area contributed by atoms with Crippen molar-refractivity contribution in [2.24, 2.45) is 0 Å². The van der Waals surface area contributed by atoms with E-state index in [-0.39, 0.29) is 0 Å². The monoisotopic (exact) mass is 186 g/mol. The Morgan fingerprint density at radius 2 is 2.23 bits per heavy atom. The van der Waals surface area contributed by atoms with Crippen LogP contribution in [0.1, 0.15) is 32.6 Å². The molecule has 13 heavy (non-hydrogen) atoms. The molecule has 0 aliphatic carbocycles. The molecule has 0 rings (SSSR count). The van der Waals surface area contributed by atoms with Crippen molar-refractivity contribution in [1.29, 1.82) is 0 Å². The third-order valence-corrected chi connectivity index (χ3v) is 1.77. The molecule has 1 N–H and O–H groups in total. The normalized spacial score (nSPS) is 12.4. The number of unbranched alkanes of at least 4 members (excludes halogenated alkanes) is 3. The van der Waals surface area contributed by atoms with E-state index in [9.17, 15) is 4.79 Å². The lowest BCUT2D eigenvalue weighted by Gasteiger charge is -2.07. The summed E-state index contributed by atoms with van der Waals surface area (Å²) in [5, 5.41) is 8.48. The van der Waals surface area contributed by atoms with Gasteiger partial charge in [-0.15, -0.1) is 6.58 Å². The van der Waals surface area contributed by atoms with Gasteiger partial charge in [0.1, 0.15) is 0 Å². The summed E-state index contributed by atoms with van der Waals surface area (Å²) in [7, 11) is 0. The lowest BCUT2D eigenvalue weighted by molar-refractivity contribution is -0.149. The molecule has 0 heterocycles. The minimum absolute atomic E-state index is 0.532. The van der Waals surface area contributed by atoms with Gasteiger partial charge < -0.3 is 9.84 Å². The van der Waals surface area contributed by atoms with Crippen LogP contribution in [0.2, 0.25) is 0 Å². The van der Waals surface area contributed by atoms with Crippen molar-refractivity contribution in [3.05, 3.63) is 12.7 Å². The van der Waals surface area contributed by atoms with Crippen LogP contribution in [0, 0.1) is 0 Å². The fraction of sp³-hybridized carbons (Fsp3) is 0.700. The second-order valence-corrected chi connectivity index (χ2v) is 2.99. The number of carboxylic acid groups (broad SMARTS) is 1. The zero-order valence-corrected chi connectivity index (χ0v) is 8.16. The van der Waals surface area contributed by atoms with Crippen LogP contribution in [-0.4, -0.2) is 23.8 Å². The smallest absolute Gasteiger partial charge is 0.332 e. The van der Waals surface area contributed by atoms with E-state index in [1.807, 2.05) is 6.08 Å². The van der Waals surface area contributed by atoms with Gasteiger partial charge >= 0.3 is 5.97 Å². The zero-order valence-electron chi connectivity index (χ0n) is 8.16. The van der Waals surface area contributed by atoms with E-state index < -0.39 is 12.1 Å². The highest BCUT2D eigenvalue weighted by Crippen LogP contribution is 2.01. The molecule has 1 atom stereocenters. The lowest BCUT2D eigenvalue weighted by Crippen LogP contribution is -2.20. The molecule has 0 spiro atoms. The van der Waals surface area contributed by atoms with E-state index in [0.29, 0.717) is 6.61 Å². The highest BCUT2D eigenvalue weighted by atomic mass is 16.5. The third kappa shape index (κ3) is 7.53. The molecule has 0 amide bonds. The summed E-state index contributed by atoms with van der Waals surface area (Å²) in [6, 6.07) is 0. The topological polar surface area (TPSA) is 46.5 Å². The van der Waals surface area contributed by atoms with E-state index in [2.05, 4.69) is 6.58 Å². The fourth-order valence-corrected chi connectivity index (χ4v) is 0.899. The Kier molecular flexibility index (Phi) is 7.30. The summed E-state index contributed by atoms with van der Waals surface area (Å²) in [6.07, 6.45) is 5.33. The minimum atomic E-state index is -0.897. The average Bonchev–Trinajstić information content (AvgIpc) is 2.10. The Morgan fingerprint density at radius 1 is 1.54 bits per heavy atom. The first-order valence-electron chi connectivity index (χ1n) is 4.63. The number of allylic oxidation sites excluding steroid dienone is 1. The molecule has 76 valence electrons. The van der Waals surface area contributed by atoms with E-state index in [0.717, 1.165) is 25.7 Å². The maximum Gasteiger partial charge on any atom is 0.332 e. The maximum atomic E-state index is 10.3. The number of carboxylic acids is 1. The van der Waals surface area contributed by atoms with Gasteiger partial charge in [0.05, 0.1) is 0 Å². The van der Waals surface area contributed by atoms with Gasteiger partial charge in [0.2, 0.25) is 0 Å². The molecule has 0 saturated heterocycles. The molecule has 0 aromatic rings. The molecule has 0 fully saturated rings. The summed E-state index contributed by atoms with van der Waals surface area (Å²) >= 11 is 0. The molecule has 1 unspecified atom stereocenters. The van der Waals surface area contributed by atoms with Gasteiger partial charge in [-0.2, -0.15) is 0 Å². The van der Waals surface area contributed by atoms with Crippen LogP contribution in [0.25, 0.3) is 0 Å². The lowest BCUT2D eigenvalue weighted by atomic mass is 10.2. The predicted octanol–water partition coefficient (Wildman–Crippen LogP) is 2.22. The Morgan fingerprint density at radius 3 is 2.77 bits per heavy atom. The highest BCUT2D eigenvalue weighted by Gasteiger charge is 2.09. The zero-order chi connectivity index (χ0) is 10.1. The van der Waals surface area contributed by atoms with Gasteiger partial charge in [-0.25, -0.2) is 4.79 Å². The largest absolute Gasteiger partial charge is 0.479 e. The minimum Gasteiger partial charge on any atom is -0.479 e. The van der Waals surface area contributed by atoms with Gasteiger partial charge in [-0.3, -0.25) is 0 Å². The molecule has 0 aromatic heterocycles. The van der Waals surface area contributed by atoms with E-state index in [1.165, 1.54) is 0 Å². The third-order valence-electron chi connectivity index (χ3n) is 1.77. The van der Waals surface area contributed by atoms with Gasteiger partial charge in [0, 0.05) is 6.61 Å². The summed E-state index contributed by atoms with van der Waals surface area (Å²) in [5.74, 6) is -0.897. The predicted molar refractivity (Wildman–Crippen MR) is 51.7 cm³/mol. The van der Waals surface area contributed by atoms with E-state index >= 15 is 0 Å². The Hall–Kier alpha value is -0.830. The van der Waals surface area contributed by atoms with Crippen molar-refractivity contribution in [1.82, 2.24) is 0 Å². The van der Waals surface area contributed by atoms with E-state index in [1.54, 1.807) is 6.92 Å². The average molecular weight is 186 g/mol. The van der Waals surface area contributed by atoms with E-state index in [4.69, 9.17) is 9.84 Å². The standard InChI is InChI=1S/C10H18O3/c1-3-4-5-6-7-8-13-9(2)10(11)12/h3,9H,1,4-8H2,2H3,(H,11,12). The molecule has 3 heteroatoms. The summed E-state index contributed by atoms with van der Waals surface area (Å²) in [6.45, 7) is 5.70. The summed E-state index contributed by atoms with van der Waals surface area (Å²) in [4.78, 5) is 10.3. The van der Waals surface area contributed by atoms with Crippen LogP contribution < -0.4 is 0 Å². The van der Waals surface area contributed by atoms with Crippen LogP contribution in [0.4, 0.5) is 0 Å². The molecule has 0 saturated carbocycles. The number of hydrogen-bond acceptors (Lipinski definition) is 2. The molecular formula is C10H18O3. The first kappa shape index (κ1) is 12.2. The number of carbonyl (C=O) groups is 1. The molecule has 3 nitrogen and oxygen atoms in total. The van der Waals surface area contributed by atoms with Crippen molar-refractivity contribution in [3.8, 4) is 0 Å². The van der Waals surface area contributed by atoms with Crippen LogP contribution in [0.3, 0.4) is 0 Å². The molecule has 0 aliphatic heterocycles. The summed E-state index contributed by atoms with van der Waals surface area (Å²) in [5.41, 5.74) is 0. The SMILES string of the molecule is C=CCCCCCOC(C)C(=O)O. The Labute approximate surface area is 79.4 Å².